The number of nitrogens with one attached hydrogen (secondary N) is 2. The molecule has 0 aliphatic heterocycles. The van der Waals surface area contributed by atoms with Crippen LogP contribution in [0.25, 0.3) is 10.9 Å². The van der Waals surface area contributed by atoms with E-state index in [4.69, 9.17) is 17.0 Å². The lowest BCUT2D eigenvalue weighted by Crippen LogP contribution is -2.35. The smallest absolute Gasteiger partial charge is 0.171 e. The fourth-order valence-corrected chi connectivity index (χ4v) is 3.11. The van der Waals surface area contributed by atoms with Gasteiger partial charge in [-0.3, -0.25) is 4.98 Å². The Morgan fingerprint density at radius 2 is 2.10 bits per heavy atom. The second-order valence-corrected chi connectivity index (χ2v) is 5.70. The molecule has 1 aromatic carbocycles. The van der Waals surface area contributed by atoms with Crippen LogP contribution in [0.3, 0.4) is 0 Å². The highest BCUT2D eigenvalue weighted by Gasteiger charge is 2.16. The minimum atomic E-state index is 0.507. The molecule has 110 valence electrons. The summed E-state index contributed by atoms with van der Waals surface area (Å²) >= 11 is 5.42. The van der Waals surface area contributed by atoms with Gasteiger partial charge in [-0.25, -0.2) is 0 Å². The number of aromatic nitrogens is 1. The molecule has 1 aliphatic carbocycles. The molecule has 0 amide bonds. The fourth-order valence-electron chi connectivity index (χ4n) is 2.83. The summed E-state index contributed by atoms with van der Waals surface area (Å²) in [4.78, 5) is 4.39. The predicted octanol–water partition coefficient (Wildman–Crippen LogP) is 3.47. The van der Waals surface area contributed by atoms with Gasteiger partial charge in [0.15, 0.2) is 5.11 Å². The van der Waals surface area contributed by atoms with Crippen LogP contribution >= 0.6 is 12.2 Å². The van der Waals surface area contributed by atoms with Crippen molar-refractivity contribution >= 4 is 33.9 Å². The fraction of sp³-hybridized carbons (Fsp3) is 0.375. The molecule has 0 atom stereocenters. The van der Waals surface area contributed by atoms with Gasteiger partial charge in [0, 0.05) is 23.3 Å². The summed E-state index contributed by atoms with van der Waals surface area (Å²) in [7, 11) is 1.66. The first-order valence-electron chi connectivity index (χ1n) is 7.27. The molecule has 0 spiro atoms. The van der Waals surface area contributed by atoms with Crippen molar-refractivity contribution in [1.82, 2.24) is 10.3 Å². The lowest BCUT2D eigenvalue weighted by molar-refractivity contribution is 0.419. The highest BCUT2D eigenvalue weighted by Crippen LogP contribution is 2.29. The van der Waals surface area contributed by atoms with Crippen LogP contribution in [0.2, 0.25) is 0 Å². The van der Waals surface area contributed by atoms with Gasteiger partial charge < -0.3 is 15.4 Å². The van der Waals surface area contributed by atoms with Crippen LogP contribution in [0.5, 0.6) is 5.75 Å². The summed E-state index contributed by atoms with van der Waals surface area (Å²) in [6.45, 7) is 0. The molecule has 4 nitrogen and oxygen atoms in total. The minimum absolute atomic E-state index is 0.507. The normalized spacial score (nSPS) is 15.1. The number of fused-ring (bicyclic) bond motifs is 1. The van der Waals surface area contributed by atoms with E-state index >= 15 is 0 Å². The third-order valence-corrected chi connectivity index (χ3v) is 4.11. The Hall–Kier alpha value is -1.88. The monoisotopic (exact) mass is 301 g/mol. The van der Waals surface area contributed by atoms with Gasteiger partial charge in [0.1, 0.15) is 11.3 Å². The van der Waals surface area contributed by atoms with Crippen LogP contribution < -0.4 is 15.4 Å². The number of pyridine rings is 1. The third-order valence-electron chi connectivity index (χ3n) is 3.89. The molecule has 1 aromatic heterocycles. The van der Waals surface area contributed by atoms with Gasteiger partial charge in [0.2, 0.25) is 0 Å². The average Bonchev–Trinajstić information content (AvgIpc) is 3.00. The number of benzene rings is 1. The first-order chi connectivity index (χ1) is 10.3. The molecule has 0 bridgehead atoms. The number of anilines is 1. The number of nitrogens with zero attached hydrogens (tertiary/aromatic N) is 1. The van der Waals surface area contributed by atoms with Crippen molar-refractivity contribution in [2.45, 2.75) is 31.7 Å². The number of rotatable bonds is 3. The molecule has 1 heterocycles. The van der Waals surface area contributed by atoms with Crippen molar-refractivity contribution in [3.05, 3.63) is 30.5 Å². The largest absolute Gasteiger partial charge is 0.494 e. The van der Waals surface area contributed by atoms with Gasteiger partial charge in [-0.2, -0.15) is 0 Å². The molecule has 1 fully saturated rings. The molecule has 21 heavy (non-hydrogen) atoms. The van der Waals surface area contributed by atoms with Crippen LogP contribution in [0.1, 0.15) is 25.7 Å². The summed E-state index contributed by atoms with van der Waals surface area (Å²) in [5.41, 5.74) is 1.79. The zero-order chi connectivity index (χ0) is 14.7. The Morgan fingerprint density at radius 3 is 2.86 bits per heavy atom. The van der Waals surface area contributed by atoms with E-state index in [0.29, 0.717) is 11.2 Å². The van der Waals surface area contributed by atoms with Crippen LogP contribution in [-0.2, 0) is 0 Å². The van der Waals surface area contributed by atoms with Crippen molar-refractivity contribution in [3.8, 4) is 5.75 Å². The molecule has 2 N–H and O–H groups in total. The standard InChI is InChI=1S/C16H19N3OS/c1-20-14-9-8-13(12-7-4-10-17-15(12)14)19-16(21)18-11-5-2-3-6-11/h4,7-11H,2-3,5-6H2,1H3,(H2,18,19,21). The second-order valence-electron chi connectivity index (χ2n) is 5.29. The molecule has 1 aliphatic rings. The van der Waals surface area contributed by atoms with E-state index in [2.05, 4.69) is 15.6 Å². The highest BCUT2D eigenvalue weighted by molar-refractivity contribution is 7.80. The number of thiocarbonyl (C=S) groups is 1. The predicted molar refractivity (Wildman–Crippen MR) is 89.9 cm³/mol. The average molecular weight is 301 g/mol. The quantitative estimate of drug-likeness (QED) is 0.850. The van der Waals surface area contributed by atoms with Gasteiger partial charge in [-0.1, -0.05) is 12.8 Å². The molecular weight excluding hydrogens is 282 g/mol. The zero-order valence-corrected chi connectivity index (χ0v) is 12.9. The SMILES string of the molecule is COc1ccc(NC(=S)NC2CCCC2)c2cccnc12. The van der Waals surface area contributed by atoms with E-state index in [0.717, 1.165) is 22.3 Å². The zero-order valence-electron chi connectivity index (χ0n) is 12.1. The summed E-state index contributed by atoms with van der Waals surface area (Å²) in [5, 5.41) is 8.36. The third kappa shape index (κ3) is 3.08. The Bertz CT molecular complexity index is 653. The van der Waals surface area contributed by atoms with E-state index in [1.165, 1.54) is 25.7 Å². The molecule has 1 saturated carbocycles. The molecule has 0 radical (unpaired) electrons. The van der Waals surface area contributed by atoms with Gasteiger partial charge in [-0.15, -0.1) is 0 Å². The van der Waals surface area contributed by atoms with E-state index in [1.807, 2.05) is 24.3 Å². The number of hydrogen-bond acceptors (Lipinski definition) is 3. The first kappa shape index (κ1) is 14.1. The van der Waals surface area contributed by atoms with Crippen molar-refractivity contribution in [2.75, 3.05) is 12.4 Å². The topological polar surface area (TPSA) is 46.2 Å². The number of hydrogen-bond donors (Lipinski definition) is 2. The van der Waals surface area contributed by atoms with E-state index in [1.54, 1.807) is 13.3 Å². The summed E-state index contributed by atoms with van der Waals surface area (Å²) < 4.78 is 5.36. The van der Waals surface area contributed by atoms with Gasteiger partial charge in [0.05, 0.1) is 7.11 Å². The van der Waals surface area contributed by atoms with Crippen LogP contribution in [-0.4, -0.2) is 23.2 Å². The van der Waals surface area contributed by atoms with E-state index < -0.39 is 0 Å². The van der Waals surface area contributed by atoms with Crippen molar-refractivity contribution in [1.29, 1.82) is 0 Å². The summed E-state index contributed by atoms with van der Waals surface area (Å²) in [6, 6.07) is 8.33. The minimum Gasteiger partial charge on any atom is -0.494 e. The first-order valence-corrected chi connectivity index (χ1v) is 7.68. The Kier molecular flexibility index (Phi) is 4.20. The van der Waals surface area contributed by atoms with Gasteiger partial charge in [0.25, 0.3) is 0 Å². The van der Waals surface area contributed by atoms with Crippen molar-refractivity contribution < 1.29 is 4.74 Å². The second kappa shape index (κ2) is 6.26. The van der Waals surface area contributed by atoms with Gasteiger partial charge >= 0.3 is 0 Å². The Balaban J connectivity index is 1.82. The lowest BCUT2D eigenvalue weighted by Gasteiger charge is -2.17. The maximum atomic E-state index is 5.42. The van der Waals surface area contributed by atoms with E-state index in [-0.39, 0.29) is 0 Å². The Morgan fingerprint density at radius 1 is 1.29 bits per heavy atom. The number of ether oxygens (including phenoxy) is 1. The molecule has 3 rings (SSSR count). The summed E-state index contributed by atoms with van der Waals surface area (Å²) in [5.74, 6) is 0.769. The molecule has 2 aromatic rings. The van der Waals surface area contributed by atoms with Crippen molar-refractivity contribution in [3.63, 3.8) is 0 Å². The van der Waals surface area contributed by atoms with Crippen LogP contribution in [0, 0.1) is 0 Å². The van der Waals surface area contributed by atoms with Gasteiger partial charge in [-0.05, 0) is 49.3 Å². The van der Waals surface area contributed by atoms with E-state index in [9.17, 15) is 0 Å². The maximum Gasteiger partial charge on any atom is 0.171 e. The van der Waals surface area contributed by atoms with Crippen LogP contribution in [0.4, 0.5) is 5.69 Å². The molecule has 5 heteroatoms. The maximum absolute atomic E-state index is 5.42. The van der Waals surface area contributed by atoms with Crippen molar-refractivity contribution in [2.24, 2.45) is 0 Å². The lowest BCUT2D eigenvalue weighted by atomic mass is 10.1. The molecule has 0 saturated heterocycles. The summed E-state index contributed by atoms with van der Waals surface area (Å²) in [6.07, 6.45) is 6.74. The number of methoxy groups -OCH3 is 1. The molecular formula is C16H19N3OS. The molecule has 0 unspecified atom stereocenters. The van der Waals surface area contributed by atoms with Crippen LogP contribution in [0.15, 0.2) is 30.5 Å². The Labute approximate surface area is 129 Å². The highest BCUT2D eigenvalue weighted by atomic mass is 32.1.